The molecule has 3 rings (SSSR count). The summed E-state index contributed by atoms with van der Waals surface area (Å²) in [5, 5.41) is 5.72. The van der Waals surface area contributed by atoms with E-state index >= 15 is 0 Å². The Morgan fingerprint density at radius 2 is 1.68 bits per heavy atom. The molecule has 0 aliphatic rings. The van der Waals surface area contributed by atoms with Crippen LogP contribution in [-0.4, -0.2) is 38.7 Å². The van der Waals surface area contributed by atoms with E-state index in [0.717, 1.165) is 11.1 Å². The van der Waals surface area contributed by atoms with E-state index < -0.39 is 6.10 Å². The number of carbonyl (C=O) groups is 2. The van der Waals surface area contributed by atoms with E-state index in [1.807, 2.05) is 43.3 Å². The molecule has 0 saturated carbocycles. The number of aryl methyl sites for hydroxylation is 1. The van der Waals surface area contributed by atoms with Crippen LogP contribution in [-0.2, 0) is 11.2 Å². The number of para-hydroxylation sites is 1. The van der Waals surface area contributed by atoms with Crippen molar-refractivity contribution in [2.75, 3.05) is 26.1 Å². The molecule has 0 radical (unpaired) electrons. The van der Waals surface area contributed by atoms with Crippen molar-refractivity contribution in [2.24, 2.45) is 0 Å². The second kappa shape index (κ2) is 11.7. The molecule has 0 aliphatic heterocycles. The SMILES string of the molecule is COc1ccc(CCNC(=O)c2ccccc2NC(=O)[C@H](C)Oc2cccc(C)c2)cc1OC. The van der Waals surface area contributed by atoms with Crippen molar-refractivity contribution in [1.29, 1.82) is 0 Å². The van der Waals surface area contributed by atoms with Crippen LogP contribution in [0.4, 0.5) is 5.69 Å². The summed E-state index contributed by atoms with van der Waals surface area (Å²) in [5.41, 5.74) is 2.85. The van der Waals surface area contributed by atoms with E-state index in [9.17, 15) is 9.59 Å². The zero-order valence-electron chi connectivity index (χ0n) is 19.9. The molecule has 2 amide bonds. The van der Waals surface area contributed by atoms with Gasteiger partial charge in [-0.15, -0.1) is 0 Å². The van der Waals surface area contributed by atoms with Crippen LogP contribution in [0.2, 0.25) is 0 Å². The second-order valence-corrected chi connectivity index (χ2v) is 7.81. The van der Waals surface area contributed by atoms with Gasteiger partial charge in [0.2, 0.25) is 0 Å². The van der Waals surface area contributed by atoms with E-state index in [1.54, 1.807) is 51.5 Å². The van der Waals surface area contributed by atoms with Crippen LogP contribution < -0.4 is 24.8 Å². The van der Waals surface area contributed by atoms with Crippen LogP contribution in [0.1, 0.15) is 28.4 Å². The zero-order chi connectivity index (χ0) is 24.5. The van der Waals surface area contributed by atoms with Crippen molar-refractivity contribution in [1.82, 2.24) is 5.32 Å². The van der Waals surface area contributed by atoms with E-state index in [2.05, 4.69) is 10.6 Å². The summed E-state index contributed by atoms with van der Waals surface area (Å²) in [6.07, 6.45) is -0.120. The number of benzene rings is 3. The molecule has 0 fully saturated rings. The number of rotatable bonds is 10. The summed E-state index contributed by atoms with van der Waals surface area (Å²) in [6.45, 7) is 4.05. The standard InChI is InChI=1S/C27H30N2O5/c1-18-8-7-9-21(16-18)34-19(2)26(30)29-23-11-6-5-10-22(23)27(31)28-15-14-20-12-13-24(32-3)25(17-20)33-4/h5-13,16-17,19H,14-15H2,1-4H3,(H,28,31)(H,29,30)/t19-/m0/s1. The van der Waals surface area contributed by atoms with Gasteiger partial charge in [-0.25, -0.2) is 0 Å². The summed E-state index contributed by atoms with van der Waals surface area (Å²) in [6, 6.07) is 20.0. The number of methoxy groups -OCH3 is 2. The number of hydrogen-bond donors (Lipinski definition) is 2. The van der Waals surface area contributed by atoms with Gasteiger partial charge < -0.3 is 24.8 Å². The summed E-state index contributed by atoms with van der Waals surface area (Å²) < 4.78 is 16.3. The van der Waals surface area contributed by atoms with Gasteiger partial charge in [-0.2, -0.15) is 0 Å². The van der Waals surface area contributed by atoms with Gasteiger partial charge in [0.15, 0.2) is 17.6 Å². The lowest BCUT2D eigenvalue weighted by Crippen LogP contribution is -2.32. The maximum Gasteiger partial charge on any atom is 0.265 e. The average molecular weight is 463 g/mol. The minimum absolute atomic E-state index is 0.274. The zero-order valence-corrected chi connectivity index (χ0v) is 19.9. The molecule has 0 saturated heterocycles. The third-order valence-electron chi connectivity index (χ3n) is 5.25. The molecule has 7 heteroatoms. The van der Waals surface area contributed by atoms with Crippen molar-refractivity contribution >= 4 is 17.5 Å². The van der Waals surface area contributed by atoms with Crippen molar-refractivity contribution in [2.45, 2.75) is 26.4 Å². The fourth-order valence-electron chi connectivity index (χ4n) is 3.42. The Kier molecular flexibility index (Phi) is 8.51. The van der Waals surface area contributed by atoms with Crippen LogP contribution in [0.5, 0.6) is 17.2 Å². The number of nitrogens with one attached hydrogen (secondary N) is 2. The number of ether oxygens (including phenoxy) is 3. The Hall–Kier alpha value is -4.00. The quantitative estimate of drug-likeness (QED) is 0.467. The van der Waals surface area contributed by atoms with Gasteiger partial charge >= 0.3 is 0 Å². The van der Waals surface area contributed by atoms with Crippen LogP contribution in [0, 0.1) is 6.92 Å². The van der Waals surface area contributed by atoms with Gasteiger partial charge in [0, 0.05) is 6.54 Å². The molecule has 0 aliphatic carbocycles. The first-order valence-corrected chi connectivity index (χ1v) is 11.0. The summed E-state index contributed by atoms with van der Waals surface area (Å²) in [5.74, 6) is 1.29. The maximum atomic E-state index is 12.8. The Balaban J connectivity index is 1.59. The number of amides is 2. The first-order chi connectivity index (χ1) is 16.4. The maximum absolute atomic E-state index is 12.8. The highest BCUT2D eigenvalue weighted by Gasteiger charge is 2.18. The monoisotopic (exact) mass is 462 g/mol. The van der Waals surface area contributed by atoms with Crippen LogP contribution >= 0.6 is 0 Å². The first kappa shape index (κ1) is 24.6. The van der Waals surface area contributed by atoms with Crippen molar-refractivity contribution in [3.8, 4) is 17.2 Å². The normalized spacial score (nSPS) is 11.3. The fraction of sp³-hybridized carbons (Fsp3) is 0.259. The summed E-state index contributed by atoms with van der Waals surface area (Å²) in [4.78, 5) is 25.5. The molecule has 2 N–H and O–H groups in total. The number of hydrogen-bond acceptors (Lipinski definition) is 5. The highest BCUT2D eigenvalue weighted by molar-refractivity contribution is 6.04. The van der Waals surface area contributed by atoms with Gasteiger partial charge in [-0.3, -0.25) is 9.59 Å². The first-order valence-electron chi connectivity index (χ1n) is 11.0. The lowest BCUT2D eigenvalue weighted by Gasteiger charge is -2.17. The third kappa shape index (κ3) is 6.51. The minimum Gasteiger partial charge on any atom is -0.493 e. The topological polar surface area (TPSA) is 85.9 Å². The van der Waals surface area contributed by atoms with Gasteiger partial charge in [-0.1, -0.05) is 30.3 Å². The molecule has 34 heavy (non-hydrogen) atoms. The number of anilines is 1. The van der Waals surface area contributed by atoms with Gasteiger partial charge in [0.1, 0.15) is 5.75 Å². The van der Waals surface area contributed by atoms with Crippen molar-refractivity contribution in [3.63, 3.8) is 0 Å². The molecule has 178 valence electrons. The molecule has 3 aromatic carbocycles. The van der Waals surface area contributed by atoms with Crippen molar-refractivity contribution in [3.05, 3.63) is 83.4 Å². The number of carbonyl (C=O) groups excluding carboxylic acids is 2. The lowest BCUT2D eigenvalue weighted by molar-refractivity contribution is -0.122. The van der Waals surface area contributed by atoms with Gasteiger partial charge in [0.25, 0.3) is 11.8 Å². The summed E-state index contributed by atoms with van der Waals surface area (Å²) >= 11 is 0. The summed E-state index contributed by atoms with van der Waals surface area (Å²) in [7, 11) is 3.17. The van der Waals surface area contributed by atoms with Crippen LogP contribution in [0.15, 0.2) is 66.7 Å². The van der Waals surface area contributed by atoms with Crippen LogP contribution in [0.3, 0.4) is 0 Å². The molecule has 0 unspecified atom stereocenters. The molecule has 7 nitrogen and oxygen atoms in total. The molecular formula is C27H30N2O5. The smallest absolute Gasteiger partial charge is 0.265 e. The molecule has 1 atom stereocenters. The van der Waals surface area contributed by atoms with Crippen molar-refractivity contribution < 1.29 is 23.8 Å². The minimum atomic E-state index is -0.733. The van der Waals surface area contributed by atoms with E-state index in [1.165, 1.54) is 0 Å². The molecule has 0 heterocycles. The predicted octanol–water partition coefficient (Wildman–Crippen LogP) is 4.39. The molecule has 0 bridgehead atoms. The molecule has 0 aromatic heterocycles. The average Bonchev–Trinajstić information content (AvgIpc) is 2.84. The van der Waals surface area contributed by atoms with Gasteiger partial charge in [0.05, 0.1) is 25.5 Å². The van der Waals surface area contributed by atoms with E-state index in [4.69, 9.17) is 14.2 Å². The molecule has 0 spiro atoms. The van der Waals surface area contributed by atoms with E-state index in [0.29, 0.717) is 41.5 Å². The Morgan fingerprint density at radius 3 is 2.41 bits per heavy atom. The molecular weight excluding hydrogens is 432 g/mol. The van der Waals surface area contributed by atoms with Crippen LogP contribution in [0.25, 0.3) is 0 Å². The fourth-order valence-corrected chi connectivity index (χ4v) is 3.42. The molecule has 3 aromatic rings. The Morgan fingerprint density at radius 1 is 0.912 bits per heavy atom. The lowest BCUT2D eigenvalue weighted by atomic mass is 10.1. The highest BCUT2D eigenvalue weighted by Crippen LogP contribution is 2.27. The van der Waals surface area contributed by atoms with Gasteiger partial charge in [-0.05, 0) is 67.8 Å². The largest absolute Gasteiger partial charge is 0.493 e. The second-order valence-electron chi connectivity index (χ2n) is 7.81. The predicted molar refractivity (Wildman–Crippen MR) is 132 cm³/mol. The Bertz CT molecular complexity index is 1150. The highest BCUT2D eigenvalue weighted by atomic mass is 16.5. The Labute approximate surface area is 200 Å². The van der Waals surface area contributed by atoms with E-state index in [-0.39, 0.29) is 11.8 Å². The third-order valence-corrected chi connectivity index (χ3v) is 5.25.